The van der Waals surface area contributed by atoms with Gasteiger partial charge in [-0.3, -0.25) is 0 Å². The number of nitrogens with zero attached hydrogens (tertiary/aromatic N) is 2. The van der Waals surface area contributed by atoms with E-state index in [0.717, 1.165) is 0 Å². The highest BCUT2D eigenvalue weighted by Gasteiger charge is 2.52. The van der Waals surface area contributed by atoms with Crippen LogP contribution in [0.5, 0.6) is 0 Å². The second-order valence-corrected chi connectivity index (χ2v) is 17.2. The third kappa shape index (κ3) is 4.27. The van der Waals surface area contributed by atoms with Crippen LogP contribution >= 0.6 is 0 Å². The van der Waals surface area contributed by atoms with Crippen molar-refractivity contribution in [2.75, 3.05) is 0 Å². The summed E-state index contributed by atoms with van der Waals surface area (Å²) in [5.41, 5.74) is 19.7. The molecule has 2 aliphatic rings. The van der Waals surface area contributed by atoms with E-state index in [0.29, 0.717) is 0 Å². The van der Waals surface area contributed by atoms with Crippen molar-refractivity contribution < 1.29 is 0 Å². The number of benzene rings is 9. The van der Waals surface area contributed by atoms with Gasteiger partial charge in [0.25, 0.3) is 0 Å². The molecule has 1 spiro atoms. The average molecular weight is 765 g/mol. The van der Waals surface area contributed by atoms with Crippen LogP contribution < -0.4 is 0 Å². The summed E-state index contributed by atoms with van der Waals surface area (Å²) in [6.45, 7) is 4.82. The molecule has 0 bridgehead atoms. The van der Waals surface area contributed by atoms with E-state index in [9.17, 15) is 0 Å². The molecular weight excluding hydrogens is 725 g/mol. The van der Waals surface area contributed by atoms with Crippen LogP contribution in [0.1, 0.15) is 47.2 Å². The Hall–Kier alpha value is -7.42. The minimum atomic E-state index is -0.518. The SMILES string of the molecule is CC1(C)c2ccccc2C2(c3ccccc3-n3c4ccccc4c4cccc2c43)c2cc(-c3ccc(-c4ccc(-n5c6ccccc6c6ccccc65)cc4)cc3)ccc21. The predicted octanol–water partition coefficient (Wildman–Crippen LogP) is 14.6. The minimum absolute atomic E-state index is 0.196. The number of hydrogen-bond acceptors (Lipinski definition) is 0. The molecule has 1 unspecified atom stereocenters. The molecule has 3 heterocycles. The minimum Gasteiger partial charge on any atom is -0.309 e. The molecule has 1 aliphatic heterocycles. The Morgan fingerprint density at radius 3 is 1.43 bits per heavy atom. The number of rotatable bonds is 3. The Balaban J connectivity index is 0.970. The molecule has 0 radical (unpaired) electrons. The third-order valence-corrected chi connectivity index (χ3v) is 14.0. The molecule has 0 N–H and O–H groups in total. The van der Waals surface area contributed by atoms with Crippen LogP contribution in [0.4, 0.5) is 0 Å². The molecular formula is C58H40N2. The predicted molar refractivity (Wildman–Crippen MR) is 250 cm³/mol. The standard InChI is InChI=1S/C58H40N2/c1-57(2)46-18-6-7-19-48(46)58(49-20-8-12-25-55(49)60-54-24-11-5-16-44(54)45-17-13-21-50(58)56(45)60)51-36-40(32-35-47(51)57)39-28-26-37(27-29-39)38-30-33-41(34-31-38)59-52-22-9-3-14-42(52)43-15-4-10-23-53(43)59/h3-36H,1-2H3. The molecule has 0 saturated carbocycles. The van der Waals surface area contributed by atoms with Crippen molar-refractivity contribution >= 4 is 43.6 Å². The third-order valence-electron chi connectivity index (χ3n) is 14.0. The van der Waals surface area contributed by atoms with Gasteiger partial charge in [0.2, 0.25) is 0 Å². The summed E-state index contributed by atoms with van der Waals surface area (Å²) in [7, 11) is 0. The van der Waals surface area contributed by atoms with Crippen LogP contribution in [0.15, 0.2) is 206 Å². The highest BCUT2D eigenvalue weighted by molar-refractivity contribution is 6.12. The molecule has 11 aromatic rings. The normalized spacial score (nSPS) is 16.0. The van der Waals surface area contributed by atoms with E-state index in [-0.39, 0.29) is 5.41 Å². The average Bonchev–Trinajstić information content (AvgIpc) is 3.83. The summed E-state index contributed by atoms with van der Waals surface area (Å²) >= 11 is 0. The Labute approximate surface area is 349 Å². The van der Waals surface area contributed by atoms with Crippen molar-refractivity contribution in [1.29, 1.82) is 0 Å². The van der Waals surface area contributed by atoms with Gasteiger partial charge in [0.15, 0.2) is 0 Å². The number of aromatic nitrogens is 2. The second-order valence-electron chi connectivity index (χ2n) is 17.2. The van der Waals surface area contributed by atoms with Crippen molar-refractivity contribution in [2.45, 2.75) is 24.7 Å². The maximum absolute atomic E-state index is 2.53. The van der Waals surface area contributed by atoms with E-state index >= 15 is 0 Å². The van der Waals surface area contributed by atoms with Gasteiger partial charge in [-0.2, -0.15) is 0 Å². The summed E-state index contributed by atoms with van der Waals surface area (Å²) in [5, 5.41) is 5.15. The van der Waals surface area contributed by atoms with Gasteiger partial charge in [0, 0.05) is 32.6 Å². The Kier molecular flexibility index (Phi) is 6.74. The van der Waals surface area contributed by atoms with Crippen molar-refractivity contribution in [1.82, 2.24) is 9.13 Å². The van der Waals surface area contributed by atoms with Crippen molar-refractivity contribution in [3.05, 3.63) is 240 Å². The van der Waals surface area contributed by atoms with Crippen LogP contribution in [0, 0.1) is 0 Å². The van der Waals surface area contributed by atoms with Gasteiger partial charge in [0.1, 0.15) is 0 Å². The lowest BCUT2D eigenvalue weighted by atomic mass is 9.53. The fraction of sp³-hybridized carbons (Fsp3) is 0.0690. The highest BCUT2D eigenvalue weighted by Crippen LogP contribution is 2.60. The lowest BCUT2D eigenvalue weighted by molar-refractivity contribution is 0.556. The Bertz CT molecular complexity index is 3510. The first-order valence-corrected chi connectivity index (χ1v) is 21.1. The molecule has 0 fully saturated rings. The Morgan fingerprint density at radius 1 is 0.317 bits per heavy atom. The number of fused-ring (bicyclic) bond motifs is 14. The van der Waals surface area contributed by atoms with Gasteiger partial charge >= 0.3 is 0 Å². The van der Waals surface area contributed by atoms with Crippen LogP contribution in [-0.4, -0.2) is 9.13 Å². The van der Waals surface area contributed by atoms with Crippen molar-refractivity contribution in [3.8, 4) is 33.6 Å². The molecule has 282 valence electrons. The smallest absolute Gasteiger partial charge is 0.0748 e. The number of para-hydroxylation sites is 5. The summed E-state index contributed by atoms with van der Waals surface area (Å²) < 4.78 is 4.91. The van der Waals surface area contributed by atoms with Gasteiger partial charge in [-0.1, -0.05) is 178 Å². The molecule has 13 rings (SSSR count). The molecule has 1 aliphatic carbocycles. The second kappa shape index (κ2) is 12.1. The lowest BCUT2D eigenvalue weighted by Crippen LogP contribution is -2.44. The fourth-order valence-corrected chi connectivity index (χ4v) is 11.4. The molecule has 9 aromatic carbocycles. The summed E-state index contributed by atoms with van der Waals surface area (Å²) in [4.78, 5) is 0. The summed E-state index contributed by atoms with van der Waals surface area (Å²) in [6.07, 6.45) is 0. The van der Waals surface area contributed by atoms with E-state index in [1.54, 1.807) is 0 Å². The van der Waals surface area contributed by atoms with Gasteiger partial charge in [-0.05, 0) is 98.1 Å². The fourth-order valence-electron chi connectivity index (χ4n) is 11.4. The Morgan fingerprint density at radius 2 is 0.767 bits per heavy atom. The highest BCUT2D eigenvalue weighted by atomic mass is 15.0. The van der Waals surface area contributed by atoms with Crippen LogP contribution in [0.2, 0.25) is 0 Å². The molecule has 0 saturated heterocycles. The van der Waals surface area contributed by atoms with Gasteiger partial charge in [0.05, 0.1) is 33.2 Å². The molecule has 1 atom stereocenters. The van der Waals surface area contributed by atoms with Crippen molar-refractivity contribution in [3.63, 3.8) is 0 Å². The van der Waals surface area contributed by atoms with E-state index in [4.69, 9.17) is 0 Å². The van der Waals surface area contributed by atoms with Crippen molar-refractivity contribution in [2.24, 2.45) is 0 Å². The molecule has 2 aromatic heterocycles. The summed E-state index contributed by atoms with van der Waals surface area (Å²) in [5.74, 6) is 0. The van der Waals surface area contributed by atoms with E-state index in [1.165, 1.54) is 111 Å². The molecule has 2 heteroatoms. The first-order chi connectivity index (χ1) is 29.5. The topological polar surface area (TPSA) is 9.86 Å². The van der Waals surface area contributed by atoms with Gasteiger partial charge < -0.3 is 9.13 Å². The quantitative estimate of drug-likeness (QED) is 0.170. The molecule has 60 heavy (non-hydrogen) atoms. The zero-order valence-electron chi connectivity index (χ0n) is 33.5. The number of hydrogen-bond donors (Lipinski definition) is 0. The van der Waals surface area contributed by atoms with Crippen LogP contribution in [0.3, 0.4) is 0 Å². The lowest BCUT2D eigenvalue weighted by Gasteiger charge is -2.50. The maximum atomic E-state index is 2.53. The molecule has 2 nitrogen and oxygen atoms in total. The largest absolute Gasteiger partial charge is 0.309 e. The zero-order chi connectivity index (χ0) is 39.7. The van der Waals surface area contributed by atoms with E-state index < -0.39 is 5.41 Å². The van der Waals surface area contributed by atoms with Crippen LogP contribution in [-0.2, 0) is 10.8 Å². The molecule has 0 amide bonds. The first kappa shape index (κ1) is 33.5. The van der Waals surface area contributed by atoms with Crippen LogP contribution in [0.25, 0.3) is 77.2 Å². The van der Waals surface area contributed by atoms with Gasteiger partial charge in [-0.25, -0.2) is 0 Å². The maximum Gasteiger partial charge on any atom is 0.0748 e. The first-order valence-electron chi connectivity index (χ1n) is 21.1. The monoisotopic (exact) mass is 764 g/mol. The summed E-state index contributed by atoms with van der Waals surface area (Å²) in [6, 6.07) is 77.2. The zero-order valence-corrected chi connectivity index (χ0v) is 33.5. The van der Waals surface area contributed by atoms with Gasteiger partial charge in [-0.15, -0.1) is 0 Å². The van der Waals surface area contributed by atoms with E-state index in [2.05, 4.69) is 229 Å². The van der Waals surface area contributed by atoms with E-state index in [1.807, 2.05) is 0 Å².